The Hall–Kier alpha value is -3.34. The first-order chi connectivity index (χ1) is 11.1. The number of aromatic nitrogens is 1. The van der Waals surface area contributed by atoms with Gasteiger partial charge in [-0.05, 0) is 30.3 Å². The fourth-order valence-corrected chi connectivity index (χ4v) is 2.38. The highest BCUT2D eigenvalue weighted by Gasteiger charge is 2.15. The van der Waals surface area contributed by atoms with Crippen LogP contribution >= 0.6 is 0 Å². The smallest absolute Gasteiger partial charge is 0.336 e. The van der Waals surface area contributed by atoms with Crippen molar-refractivity contribution in [2.75, 3.05) is 11.5 Å². The Morgan fingerprint density at radius 3 is 2.30 bits per heavy atom. The first kappa shape index (κ1) is 14.6. The van der Waals surface area contributed by atoms with E-state index in [1.54, 1.807) is 42.5 Å². The Balaban J connectivity index is 2.16. The fraction of sp³-hybridized carbons (Fsp3) is 0. The van der Waals surface area contributed by atoms with Gasteiger partial charge in [-0.1, -0.05) is 30.3 Å². The molecule has 5 nitrogen and oxygen atoms in total. The zero-order valence-corrected chi connectivity index (χ0v) is 12.2. The normalized spacial score (nSPS) is 10.4. The highest BCUT2D eigenvalue weighted by molar-refractivity contribution is 5.97. The van der Waals surface area contributed by atoms with Crippen molar-refractivity contribution in [1.82, 2.24) is 4.98 Å². The maximum atomic E-state index is 11.4. The van der Waals surface area contributed by atoms with Crippen molar-refractivity contribution in [2.45, 2.75) is 0 Å². The molecule has 0 radical (unpaired) electrons. The lowest BCUT2D eigenvalue weighted by Crippen LogP contribution is -2.02. The topological polar surface area (TPSA) is 102 Å². The average molecular weight is 305 g/mol. The van der Waals surface area contributed by atoms with Crippen LogP contribution < -0.4 is 11.5 Å². The van der Waals surface area contributed by atoms with Gasteiger partial charge >= 0.3 is 5.97 Å². The standard InChI is InChI=1S/C18H15N3O2/c19-12-7-5-11(6-8-12)16-10-9-15(20)17(21-16)13-3-1-2-4-14(13)18(22)23/h1-10H,19-20H2,(H,22,23). The molecule has 1 aromatic heterocycles. The summed E-state index contributed by atoms with van der Waals surface area (Å²) in [6.07, 6.45) is 0. The monoisotopic (exact) mass is 305 g/mol. The maximum absolute atomic E-state index is 11.4. The molecule has 0 aliphatic carbocycles. The quantitative estimate of drug-likeness (QED) is 0.644. The SMILES string of the molecule is Nc1ccc(-c2ccc(N)c(-c3ccccc3C(=O)O)n2)cc1. The molecule has 1 heterocycles. The van der Waals surface area contributed by atoms with Gasteiger partial charge < -0.3 is 16.6 Å². The molecule has 114 valence electrons. The molecule has 5 heteroatoms. The lowest BCUT2D eigenvalue weighted by molar-refractivity contribution is 0.0697. The van der Waals surface area contributed by atoms with Gasteiger partial charge in [0.1, 0.15) is 0 Å². The molecule has 0 bridgehead atoms. The zero-order chi connectivity index (χ0) is 16.4. The number of nitrogen functional groups attached to an aromatic ring is 2. The van der Waals surface area contributed by atoms with Crippen molar-refractivity contribution in [3.05, 3.63) is 66.2 Å². The van der Waals surface area contributed by atoms with Crippen molar-refractivity contribution in [3.8, 4) is 22.5 Å². The number of carbonyl (C=O) groups is 1. The second-order valence-corrected chi connectivity index (χ2v) is 5.11. The zero-order valence-electron chi connectivity index (χ0n) is 12.2. The second kappa shape index (κ2) is 5.81. The molecule has 2 aromatic carbocycles. The van der Waals surface area contributed by atoms with E-state index in [0.717, 1.165) is 5.56 Å². The number of pyridine rings is 1. The summed E-state index contributed by atoms with van der Waals surface area (Å²) in [4.78, 5) is 16.0. The molecule has 0 spiro atoms. The van der Waals surface area contributed by atoms with E-state index in [1.165, 1.54) is 6.07 Å². The van der Waals surface area contributed by atoms with Gasteiger partial charge in [0.05, 0.1) is 22.6 Å². The van der Waals surface area contributed by atoms with Crippen LogP contribution in [0.15, 0.2) is 60.7 Å². The Kier molecular flexibility index (Phi) is 3.68. The summed E-state index contributed by atoms with van der Waals surface area (Å²) < 4.78 is 0. The van der Waals surface area contributed by atoms with Crippen molar-refractivity contribution >= 4 is 17.3 Å². The summed E-state index contributed by atoms with van der Waals surface area (Å²) >= 11 is 0. The van der Waals surface area contributed by atoms with E-state index in [0.29, 0.717) is 28.3 Å². The molecular formula is C18H15N3O2. The third-order valence-corrected chi connectivity index (χ3v) is 3.55. The number of hydrogen-bond acceptors (Lipinski definition) is 4. The van der Waals surface area contributed by atoms with Gasteiger partial charge in [0.15, 0.2) is 0 Å². The number of anilines is 2. The number of hydrogen-bond donors (Lipinski definition) is 3. The summed E-state index contributed by atoms with van der Waals surface area (Å²) in [6, 6.07) is 17.5. The molecule has 0 amide bonds. The largest absolute Gasteiger partial charge is 0.478 e. The lowest BCUT2D eigenvalue weighted by atomic mass is 10.0. The van der Waals surface area contributed by atoms with Gasteiger partial charge in [-0.25, -0.2) is 9.78 Å². The molecule has 3 rings (SSSR count). The van der Waals surface area contributed by atoms with Gasteiger partial charge in [0, 0.05) is 16.8 Å². The van der Waals surface area contributed by atoms with Gasteiger partial charge in [-0.3, -0.25) is 0 Å². The van der Waals surface area contributed by atoms with Crippen LogP contribution in [0.1, 0.15) is 10.4 Å². The Labute approximate surface area is 133 Å². The highest BCUT2D eigenvalue weighted by Crippen LogP contribution is 2.30. The molecule has 0 saturated carbocycles. The summed E-state index contributed by atoms with van der Waals surface area (Å²) in [5, 5.41) is 9.35. The van der Waals surface area contributed by atoms with Gasteiger partial charge in [-0.2, -0.15) is 0 Å². The van der Waals surface area contributed by atoms with E-state index in [-0.39, 0.29) is 5.56 Å². The van der Waals surface area contributed by atoms with E-state index in [1.807, 2.05) is 12.1 Å². The van der Waals surface area contributed by atoms with E-state index >= 15 is 0 Å². The highest BCUT2D eigenvalue weighted by atomic mass is 16.4. The van der Waals surface area contributed by atoms with Crippen LogP contribution in [0, 0.1) is 0 Å². The number of carboxylic acid groups (broad SMARTS) is 1. The number of nitrogens with zero attached hydrogens (tertiary/aromatic N) is 1. The van der Waals surface area contributed by atoms with Crippen molar-refractivity contribution < 1.29 is 9.90 Å². The van der Waals surface area contributed by atoms with E-state index < -0.39 is 5.97 Å². The summed E-state index contributed by atoms with van der Waals surface area (Å²) in [6.45, 7) is 0. The molecule has 0 unspecified atom stereocenters. The van der Waals surface area contributed by atoms with E-state index in [4.69, 9.17) is 11.5 Å². The van der Waals surface area contributed by atoms with Gasteiger partial charge in [0.2, 0.25) is 0 Å². The van der Waals surface area contributed by atoms with Crippen LogP contribution in [0.2, 0.25) is 0 Å². The van der Waals surface area contributed by atoms with Crippen molar-refractivity contribution in [3.63, 3.8) is 0 Å². The van der Waals surface area contributed by atoms with Crippen LogP contribution in [0.3, 0.4) is 0 Å². The average Bonchev–Trinajstić information content (AvgIpc) is 2.56. The Bertz CT molecular complexity index is 874. The first-order valence-electron chi connectivity index (χ1n) is 7.01. The predicted molar refractivity (Wildman–Crippen MR) is 90.9 cm³/mol. The number of rotatable bonds is 3. The van der Waals surface area contributed by atoms with Crippen molar-refractivity contribution in [1.29, 1.82) is 0 Å². The maximum Gasteiger partial charge on any atom is 0.336 e. The molecule has 0 aliphatic heterocycles. The number of benzene rings is 2. The lowest BCUT2D eigenvalue weighted by Gasteiger charge is -2.10. The summed E-state index contributed by atoms with van der Waals surface area (Å²) in [5.74, 6) is -1.01. The molecule has 0 aliphatic rings. The first-order valence-corrected chi connectivity index (χ1v) is 7.01. The Morgan fingerprint density at radius 2 is 1.61 bits per heavy atom. The van der Waals surface area contributed by atoms with Crippen LogP contribution in [-0.4, -0.2) is 16.1 Å². The van der Waals surface area contributed by atoms with Crippen molar-refractivity contribution in [2.24, 2.45) is 0 Å². The molecule has 0 atom stereocenters. The molecule has 3 aromatic rings. The van der Waals surface area contributed by atoms with E-state index in [9.17, 15) is 9.90 Å². The summed E-state index contributed by atoms with van der Waals surface area (Å²) in [5.41, 5.74) is 15.5. The minimum Gasteiger partial charge on any atom is -0.478 e. The van der Waals surface area contributed by atoms with Crippen LogP contribution in [0.4, 0.5) is 11.4 Å². The molecule has 5 N–H and O–H groups in total. The minimum absolute atomic E-state index is 0.168. The fourth-order valence-electron chi connectivity index (χ4n) is 2.38. The Morgan fingerprint density at radius 1 is 0.913 bits per heavy atom. The number of nitrogens with two attached hydrogens (primary N) is 2. The van der Waals surface area contributed by atoms with Gasteiger partial charge in [-0.15, -0.1) is 0 Å². The number of carboxylic acids is 1. The van der Waals surface area contributed by atoms with Crippen LogP contribution in [0.5, 0.6) is 0 Å². The molecule has 0 saturated heterocycles. The molecule has 0 fully saturated rings. The third kappa shape index (κ3) is 2.85. The van der Waals surface area contributed by atoms with Gasteiger partial charge in [0.25, 0.3) is 0 Å². The second-order valence-electron chi connectivity index (χ2n) is 5.11. The summed E-state index contributed by atoms with van der Waals surface area (Å²) in [7, 11) is 0. The third-order valence-electron chi connectivity index (χ3n) is 3.55. The minimum atomic E-state index is -1.01. The van der Waals surface area contributed by atoms with Crippen LogP contribution in [0.25, 0.3) is 22.5 Å². The molecular weight excluding hydrogens is 290 g/mol. The predicted octanol–water partition coefficient (Wildman–Crippen LogP) is 3.28. The van der Waals surface area contributed by atoms with Crippen LogP contribution in [-0.2, 0) is 0 Å². The number of aromatic carboxylic acids is 1. The van der Waals surface area contributed by atoms with E-state index in [2.05, 4.69) is 4.98 Å². The molecule has 23 heavy (non-hydrogen) atoms.